The van der Waals surface area contributed by atoms with Gasteiger partial charge in [0.2, 0.25) is 0 Å². The van der Waals surface area contributed by atoms with Crippen LogP contribution < -0.4 is 5.32 Å². The van der Waals surface area contributed by atoms with E-state index in [1.807, 2.05) is 11.3 Å². The number of nitrogens with zero attached hydrogens (tertiary/aromatic N) is 2. The Morgan fingerprint density at radius 2 is 1.90 bits per heavy atom. The van der Waals surface area contributed by atoms with Gasteiger partial charge in [-0.3, -0.25) is 4.90 Å². The highest BCUT2D eigenvalue weighted by Gasteiger charge is 2.39. The quantitative estimate of drug-likeness (QED) is 0.909. The lowest BCUT2D eigenvalue weighted by atomic mass is 9.67. The smallest absolute Gasteiger partial charge is 0.107 e. The van der Waals surface area contributed by atoms with Crippen LogP contribution in [0.15, 0.2) is 0 Å². The summed E-state index contributed by atoms with van der Waals surface area (Å²) >= 11 is 1.96. The third-order valence-electron chi connectivity index (χ3n) is 4.49. The Bertz CT molecular complexity index is 484. The van der Waals surface area contributed by atoms with Crippen LogP contribution in [-0.2, 0) is 18.4 Å². The zero-order valence-corrected chi connectivity index (χ0v) is 14.1. The van der Waals surface area contributed by atoms with Gasteiger partial charge in [0, 0.05) is 36.5 Å². The largest absolute Gasteiger partial charge is 0.314 e. The standard InChI is InChI=1S/C16H27N3S/c1-15(2)9-12-14(16(3,4)11-15)20-13(18-12)10-19-7-5-17-6-8-19/h17H,5-11H2,1-4H3. The SMILES string of the molecule is CC1(C)Cc2nc(CN3CCNCC3)sc2C(C)(C)C1. The number of fused-ring (bicyclic) bond motifs is 1. The molecule has 0 spiro atoms. The van der Waals surface area contributed by atoms with Gasteiger partial charge in [0.1, 0.15) is 5.01 Å². The summed E-state index contributed by atoms with van der Waals surface area (Å²) in [7, 11) is 0. The maximum absolute atomic E-state index is 4.99. The average Bonchev–Trinajstić information content (AvgIpc) is 2.71. The zero-order chi connectivity index (χ0) is 14.4. The predicted octanol–water partition coefficient (Wildman–Crippen LogP) is 2.80. The molecular weight excluding hydrogens is 266 g/mol. The van der Waals surface area contributed by atoms with Crippen LogP contribution in [0.25, 0.3) is 0 Å². The molecule has 1 saturated heterocycles. The highest BCUT2D eigenvalue weighted by atomic mass is 32.1. The van der Waals surface area contributed by atoms with E-state index in [-0.39, 0.29) is 5.41 Å². The summed E-state index contributed by atoms with van der Waals surface area (Å²) < 4.78 is 0. The Morgan fingerprint density at radius 1 is 1.20 bits per heavy atom. The van der Waals surface area contributed by atoms with Crippen molar-refractivity contribution in [2.24, 2.45) is 5.41 Å². The fraction of sp³-hybridized carbons (Fsp3) is 0.812. The lowest BCUT2D eigenvalue weighted by Crippen LogP contribution is -2.42. The van der Waals surface area contributed by atoms with Gasteiger partial charge in [-0.2, -0.15) is 0 Å². The summed E-state index contributed by atoms with van der Waals surface area (Å²) in [6.45, 7) is 15.1. The lowest BCUT2D eigenvalue weighted by Gasteiger charge is -2.39. The van der Waals surface area contributed by atoms with E-state index in [0.717, 1.165) is 39.1 Å². The van der Waals surface area contributed by atoms with Crippen molar-refractivity contribution >= 4 is 11.3 Å². The van der Waals surface area contributed by atoms with Crippen molar-refractivity contribution in [1.29, 1.82) is 0 Å². The van der Waals surface area contributed by atoms with Gasteiger partial charge in [-0.15, -0.1) is 11.3 Å². The summed E-state index contributed by atoms with van der Waals surface area (Å²) in [5, 5.41) is 4.74. The first-order valence-corrected chi connectivity index (χ1v) is 8.60. The number of aromatic nitrogens is 1. The number of hydrogen-bond acceptors (Lipinski definition) is 4. The molecule has 0 amide bonds. The molecule has 3 nitrogen and oxygen atoms in total. The second kappa shape index (κ2) is 5.08. The third-order valence-corrected chi connectivity index (χ3v) is 5.94. The molecule has 0 bridgehead atoms. The van der Waals surface area contributed by atoms with Crippen molar-refractivity contribution in [3.05, 3.63) is 15.6 Å². The number of thiazole rings is 1. The van der Waals surface area contributed by atoms with Gasteiger partial charge in [-0.05, 0) is 18.3 Å². The molecule has 0 aromatic carbocycles. The molecule has 4 heteroatoms. The molecule has 1 aromatic heterocycles. The third kappa shape index (κ3) is 2.92. The Kier molecular flexibility index (Phi) is 3.68. The van der Waals surface area contributed by atoms with Crippen molar-refractivity contribution in [3.8, 4) is 0 Å². The monoisotopic (exact) mass is 293 g/mol. The van der Waals surface area contributed by atoms with Crippen molar-refractivity contribution in [2.45, 2.75) is 52.5 Å². The minimum atomic E-state index is 0.288. The second-order valence-corrected chi connectivity index (χ2v) is 8.89. The van der Waals surface area contributed by atoms with Gasteiger partial charge in [0.15, 0.2) is 0 Å². The highest BCUT2D eigenvalue weighted by Crippen LogP contribution is 2.47. The Morgan fingerprint density at radius 3 is 2.60 bits per heavy atom. The van der Waals surface area contributed by atoms with Gasteiger partial charge in [0.05, 0.1) is 12.2 Å². The normalized spacial score (nSPS) is 25.4. The number of piperazine rings is 1. The topological polar surface area (TPSA) is 28.2 Å². The van der Waals surface area contributed by atoms with Crippen LogP contribution in [0.1, 0.15) is 49.7 Å². The molecule has 2 heterocycles. The fourth-order valence-electron chi connectivity index (χ4n) is 3.97. The minimum absolute atomic E-state index is 0.288. The van der Waals surface area contributed by atoms with Crippen LogP contribution in [0.2, 0.25) is 0 Å². The average molecular weight is 293 g/mol. The highest BCUT2D eigenvalue weighted by molar-refractivity contribution is 7.11. The van der Waals surface area contributed by atoms with Gasteiger partial charge in [-0.1, -0.05) is 27.7 Å². The Balaban J connectivity index is 1.81. The molecule has 3 rings (SSSR count). The first kappa shape index (κ1) is 14.5. The van der Waals surface area contributed by atoms with Crippen LogP contribution >= 0.6 is 11.3 Å². The zero-order valence-electron chi connectivity index (χ0n) is 13.3. The van der Waals surface area contributed by atoms with Gasteiger partial charge >= 0.3 is 0 Å². The number of nitrogens with one attached hydrogen (secondary N) is 1. The molecule has 1 N–H and O–H groups in total. The molecule has 20 heavy (non-hydrogen) atoms. The Labute approximate surface area is 126 Å². The first-order chi connectivity index (χ1) is 9.36. The van der Waals surface area contributed by atoms with E-state index in [1.54, 1.807) is 4.88 Å². The van der Waals surface area contributed by atoms with Crippen LogP contribution in [-0.4, -0.2) is 36.1 Å². The molecule has 0 unspecified atom stereocenters. The van der Waals surface area contributed by atoms with Crippen LogP contribution in [0, 0.1) is 5.41 Å². The van der Waals surface area contributed by atoms with Gasteiger partial charge < -0.3 is 5.32 Å². The maximum atomic E-state index is 4.99. The lowest BCUT2D eigenvalue weighted by molar-refractivity contribution is 0.228. The summed E-state index contributed by atoms with van der Waals surface area (Å²) in [5.74, 6) is 0. The van der Waals surface area contributed by atoms with E-state index < -0.39 is 0 Å². The second-order valence-electron chi connectivity index (χ2n) is 7.81. The van der Waals surface area contributed by atoms with E-state index >= 15 is 0 Å². The van der Waals surface area contributed by atoms with Gasteiger partial charge in [-0.25, -0.2) is 4.98 Å². The fourth-order valence-corrected chi connectivity index (χ4v) is 5.19. The minimum Gasteiger partial charge on any atom is -0.314 e. The molecule has 1 aliphatic carbocycles. The van der Waals surface area contributed by atoms with E-state index in [4.69, 9.17) is 4.98 Å². The number of hydrogen-bond donors (Lipinski definition) is 1. The van der Waals surface area contributed by atoms with Crippen molar-refractivity contribution < 1.29 is 0 Å². The summed E-state index contributed by atoms with van der Waals surface area (Å²) in [6.07, 6.45) is 2.41. The van der Waals surface area contributed by atoms with Crippen LogP contribution in [0.5, 0.6) is 0 Å². The molecule has 0 saturated carbocycles. The predicted molar refractivity (Wildman–Crippen MR) is 85.4 cm³/mol. The summed E-state index contributed by atoms with van der Waals surface area (Å²) in [6, 6.07) is 0. The molecule has 1 aliphatic heterocycles. The number of rotatable bonds is 2. The van der Waals surface area contributed by atoms with Crippen LogP contribution in [0.4, 0.5) is 0 Å². The molecule has 1 aromatic rings. The molecule has 1 fully saturated rings. The first-order valence-electron chi connectivity index (χ1n) is 7.78. The molecular formula is C16H27N3S. The summed E-state index contributed by atoms with van der Waals surface area (Å²) in [5.41, 5.74) is 2.05. The molecule has 0 radical (unpaired) electrons. The van der Waals surface area contributed by atoms with Crippen molar-refractivity contribution in [3.63, 3.8) is 0 Å². The Hall–Kier alpha value is -0.450. The molecule has 0 atom stereocenters. The van der Waals surface area contributed by atoms with E-state index in [0.29, 0.717) is 5.41 Å². The van der Waals surface area contributed by atoms with E-state index in [1.165, 1.54) is 17.1 Å². The van der Waals surface area contributed by atoms with Crippen molar-refractivity contribution in [2.75, 3.05) is 26.2 Å². The molecule has 2 aliphatic rings. The van der Waals surface area contributed by atoms with Gasteiger partial charge in [0.25, 0.3) is 0 Å². The van der Waals surface area contributed by atoms with E-state index in [9.17, 15) is 0 Å². The van der Waals surface area contributed by atoms with Crippen LogP contribution in [0.3, 0.4) is 0 Å². The summed E-state index contributed by atoms with van der Waals surface area (Å²) in [4.78, 5) is 9.06. The molecule has 112 valence electrons. The van der Waals surface area contributed by atoms with Crippen molar-refractivity contribution in [1.82, 2.24) is 15.2 Å². The maximum Gasteiger partial charge on any atom is 0.107 e. The van der Waals surface area contributed by atoms with E-state index in [2.05, 4.69) is 37.9 Å².